The molecule has 8 heteroatoms. The van der Waals surface area contributed by atoms with E-state index in [9.17, 15) is 4.79 Å². The number of nitrogen functional groups attached to an aromatic ring is 1. The maximum absolute atomic E-state index is 11.8. The minimum atomic E-state index is -0.261. The summed E-state index contributed by atoms with van der Waals surface area (Å²) in [4.78, 5) is 15.8. The summed E-state index contributed by atoms with van der Waals surface area (Å²) in [5.41, 5.74) is 7.57. The molecule has 130 valence electrons. The first-order chi connectivity index (χ1) is 11.3. The lowest BCUT2D eigenvalue weighted by molar-refractivity contribution is 0.00637. The molecule has 2 aromatic heterocycles. The second kappa shape index (κ2) is 6.60. The van der Waals surface area contributed by atoms with Crippen molar-refractivity contribution in [2.75, 3.05) is 12.3 Å². The molecule has 0 saturated carbocycles. The van der Waals surface area contributed by atoms with Gasteiger partial charge in [-0.05, 0) is 36.7 Å². The number of ether oxygens (including phenoxy) is 2. The Morgan fingerprint density at radius 2 is 2.25 bits per heavy atom. The van der Waals surface area contributed by atoms with Crippen LogP contribution in [0.2, 0.25) is 0 Å². The monoisotopic (exact) mass is 350 g/mol. The number of nitrogens with two attached hydrogens (primary N) is 1. The molecule has 0 bridgehead atoms. The maximum atomic E-state index is 11.8. The molecular formula is C16H22N4O3S. The molecule has 2 unspecified atom stereocenters. The highest BCUT2D eigenvalue weighted by atomic mass is 32.2. The summed E-state index contributed by atoms with van der Waals surface area (Å²) in [6, 6.07) is 3.84. The molecule has 1 fully saturated rings. The van der Waals surface area contributed by atoms with E-state index in [2.05, 4.69) is 10.1 Å². The van der Waals surface area contributed by atoms with Crippen molar-refractivity contribution >= 4 is 28.4 Å². The van der Waals surface area contributed by atoms with Crippen molar-refractivity contribution in [1.82, 2.24) is 14.6 Å². The Morgan fingerprint density at radius 3 is 3.00 bits per heavy atom. The predicted molar refractivity (Wildman–Crippen MR) is 92.9 cm³/mol. The van der Waals surface area contributed by atoms with E-state index in [1.165, 1.54) is 18.1 Å². The number of hydrogen-bond donors (Lipinski definition) is 1. The van der Waals surface area contributed by atoms with Gasteiger partial charge in [-0.2, -0.15) is 5.10 Å². The van der Waals surface area contributed by atoms with Crippen molar-refractivity contribution in [2.45, 2.75) is 50.6 Å². The number of rotatable bonds is 3. The van der Waals surface area contributed by atoms with Crippen LogP contribution in [0, 0.1) is 0 Å². The van der Waals surface area contributed by atoms with E-state index < -0.39 is 0 Å². The van der Waals surface area contributed by atoms with Gasteiger partial charge in [0.15, 0.2) is 5.82 Å². The number of thioether (sulfide) groups is 1. The molecule has 3 heterocycles. The van der Waals surface area contributed by atoms with Gasteiger partial charge in [0.25, 0.3) is 0 Å². The molecule has 0 radical (unpaired) electrons. The lowest BCUT2D eigenvalue weighted by Gasteiger charge is -2.17. The van der Waals surface area contributed by atoms with Gasteiger partial charge in [-0.3, -0.25) is 0 Å². The van der Waals surface area contributed by atoms with Gasteiger partial charge in [0, 0.05) is 4.75 Å². The van der Waals surface area contributed by atoms with E-state index in [1.54, 1.807) is 4.52 Å². The van der Waals surface area contributed by atoms with Crippen LogP contribution in [0.4, 0.5) is 10.6 Å². The van der Waals surface area contributed by atoms with Gasteiger partial charge in [-0.1, -0.05) is 20.8 Å². The molecular weight excluding hydrogens is 328 g/mol. The molecule has 0 amide bonds. The molecule has 3 rings (SSSR count). The Morgan fingerprint density at radius 1 is 1.46 bits per heavy atom. The smallest absolute Gasteiger partial charge is 0.367 e. The molecule has 2 atom stereocenters. The largest absolute Gasteiger partial charge is 0.455 e. The Bertz CT molecular complexity index is 740. The van der Waals surface area contributed by atoms with E-state index >= 15 is 0 Å². The van der Waals surface area contributed by atoms with Crippen molar-refractivity contribution in [3.8, 4) is 0 Å². The molecule has 1 aliphatic heterocycles. The van der Waals surface area contributed by atoms with Crippen molar-refractivity contribution in [1.29, 1.82) is 0 Å². The summed E-state index contributed by atoms with van der Waals surface area (Å²) >= 11 is 1.19. The summed E-state index contributed by atoms with van der Waals surface area (Å²) in [6.07, 6.45) is 2.95. The number of aromatic nitrogens is 3. The van der Waals surface area contributed by atoms with Gasteiger partial charge in [0.1, 0.15) is 24.6 Å². The fourth-order valence-electron chi connectivity index (χ4n) is 2.70. The third kappa shape index (κ3) is 3.81. The highest BCUT2D eigenvalue weighted by Gasteiger charge is 2.30. The van der Waals surface area contributed by atoms with Crippen LogP contribution in [-0.2, 0) is 9.47 Å². The minimum Gasteiger partial charge on any atom is -0.455 e. The van der Waals surface area contributed by atoms with Gasteiger partial charge in [0.2, 0.25) is 0 Å². The number of carbonyl (C=O) groups excluding carboxylic acids is 1. The lowest BCUT2D eigenvalue weighted by atomic mass is 10.1. The summed E-state index contributed by atoms with van der Waals surface area (Å²) < 4.78 is 13.0. The Labute approximate surface area is 144 Å². The molecule has 2 aromatic rings. The van der Waals surface area contributed by atoms with Crippen LogP contribution in [0.1, 0.15) is 45.4 Å². The highest BCUT2D eigenvalue weighted by molar-refractivity contribution is 8.14. The third-order valence-electron chi connectivity index (χ3n) is 3.73. The van der Waals surface area contributed by atoms with Crippen molar-refractivity contribution in [3.63, 3.8) is 0 Å². The van der Waals surface area contributed by atoms with Gasteiger partial charge >= 0.3 is 5.30 Å². The number of carbonyl (C=O) groups is 1. The third-order valence-corrected chi connectivity index (χ3v) is 4.62. The Hall–Kier alpha value is -1.80. The highest BCUT2D eigenvalue weighted by Crippen LogP contribution is 2.34. The number of fused-ring (bicyclic) bond motifs is 1. The lowest BCUT2D eigenvalue weighted by Crippen LogP contribution is -2.19. The average Bonchev–Trinajstić information content (AvgIpc) is 3.10. The molecule has 7 nitrogen and oxygen atoms in total. The Kier molecular flexibility index (Phi) is 4.69. The zero-order chi connectivity index (χ0) is 17.3. The zero-order valence-corrected chi connectivity index (χ0v) is 14.9. The maximum Gasteiger partial charge on any atom is 0.367 e. The van der Waals surface area contributed by atoms with E-state index in [1.807, 2.05) is 32.9 Å². The number of nitrogens with zero attached hydrogens (tertiary/aromatic N) is 3. The van der Waals surface area contributed by atoms with Gasteiger partial charge in [0.05, 0.1) is 11.8 Å². The van der Waals surface area contributed by atoms with Crippen LogP contribution in [0.15, 0.2) is 18.5 Å². The standard InChI is InChI=1S/C16H22N4O3S/c1-16(2,3)24-15(21)22-8-10-4-7-13(23-10)11-5-6-12-14(17)18-9-19-20(11)12/h5-6,9-10,13H,4,7-8H2,1-3H3,(H2,17,18,19). The molecule has 1 saturated heterocycles. The summed E-state index contributed by atoms with van der Waals surface area (Å²) in [6.45, 7) is 6.21. The van der Waals surface area contributed by atoms with Crippen LogP contribution in [0.3, 0.4) is 0 Å². The first kappa shape index (κ1) is 17.0. The topological polar surface area (TPSA) is 91.7 Å². The van der Waals surface area contributed by atoms with Crippen molar-refractivity contribution < 1.29 is 14.3 Å². The minimum absolute atomic E-state index is 0.0826. The summed E-state index contributed by atoms with van der Waals surface area (Å²) in [5, 5.41) is 3.98. The first-order valence-corrected chi connectivity index (χ1v) is 8.74. The summed E-state index contributed by atoms with van der Waals surface area (Å²) in [7, 11) is 0. The predicted octanol–water partition coefficient (Wildman–Crippen LogP) is 3.20. The van der Waals surface area contributed by atoms with E-state index in [4.69, 9.17) is 15.2 Å². The van der Waals surface area contributed by atoms with Crippen LogP contribution < -0.4 is 5.73 Å². The normalized spacial score (nSPS) is 21.3. The quantitative estimate of drug-likeness (QED) is 0.850. The molecule has 2 N–H and O–H groups in total. The van der Waals surface area contributed by atoms with E-state index in [0.29, 0.717) is 5.82 Å². The van der Waals surface area contributed by atoms with Crippen molar-refractivity contribution in [3.05, 3.63) is 24.2 Å². The Balaban J connectivity index is 1.59. The van der Waals surface area contributed by atoms with Gasteiger partial charge in [-0.15, -0.1) is 0 Å². The van der Waals surface area contributed by atoms with Gasteiger partial charge in [-0.25, -0.2) is 14.3 Å². The van der Waals surface area contributed by atoms with E-state index in [-0.39, 0.29) is 28.9 Å². The summed E-state index contributed by atoms with van der Waals surface area (Å²) in [5.74, 6) is 0.443. The molecule has 24 heavy (non-hydrogen) atoms. The van der Waals surface area contributed by atoms with Crippen LogP contribution in [-0.4, -0.2) is 37.4 Å². The van der Waals surface area contributed by atoms with Crippen molar-refractivity contribution in [2.24, 2.45) is 0 Å². The number of anilines is 1. The molecule has 0 aliphatic carbocycles. The number of hydrogen-bond acceptors (Lipinski definition) is 7. The fourth-order valence-corrected chi connectivity index (χ4v) is 3.33. The zero-order valence-electron chi connectivity index (χ0n) is 14.1. The van der Waals surface area contributed by atoms with E-state index in [0.717, 1.165) is 24.1 Å². The second-order valence-corrected chi connectivity index (χ2v) is 8.56. The first-order valence-electron chi connectivity index (χ1n) is 7.93. The second-order valence-electron chi connectivity index (χ2n) is 6.80. The van der Waals surface area contributed by atoms with Crippen LogP contribution >= 0.6 is 11.8 Å². The van der Waals surface area contributed by atoms with Crippen LogP contribution in [0.25, 0.3) is 5.52 Å². The average molecular weight is 350 g/mol. The fraction of sp³-hybridized carbons (Fsp3) is 0.562. The molecule has 0 aromatic carbocycles. The van der Waals surface area contributed by atoms with Gasteiger partial charge < -0.3 is 15.2 Å². The molecule has 1 aliphatic rings. The molecule has 0 spiro atoms. The SMILES string of the molecule is CC(C)(C)SC(=O)OCC1CCC(c2ccc3c(N)ncnn23)O1. The van der Waals surface area contributed by atoms with Crippen LogP contribution in [0.5, 0.6) is 0 Å².